The van der Waals surface area contributed by atoms with Gasteiger partial charge in [0.2, 0.25) is 0 Å². The summed E-state index contributed by atoms with van der Waals surface area (Å²) >= 11 is 1.34. The maximum atomic E-state index is 11.6. The van der Waals surface area contributed by atoms with Gasteiger partial charge < -0.3 is 9.72 Å². The van der Waals surface area contributed by atoms with Crippen molar-refractivity contribution in [2.75, 3.05) is 0 Å². The summed E-state index contributed by atoms with van der Waals surface area (Å²) in [5.41, 5.74) is 0.451. The zero-order valence-electron chi connectivity index (χ0n) is 9.36. The number of esters is 1. The molecule has 0 atom stereocenters. The first-order valence-corrected chi connectivity index (χ1v) is 6.20. The zero-order chi connectivity index (χ0) is 12.3. The number of carbonyl (C=O) groups excluding carboxylic acids is 1. The van der Waals surface area contributed by atoms with Crippen LogP contribution in [0, 0.1) is 0 Å². The molecule has 0 spiro atoms. The van der Waals surface area contributed by atoms with Crippen molar-refractivity contribution in [1.29, 1.82) is 0 Å². The van der Waals surface area contributed by atoms with Crippen LogP contribution >= 0.6 is 11.3 Å². The third-order valence-electron chi connectivity index (χ3n) is 2.19. The smallest absolute Gasteiger partial charge is 0.306 e. The molecule has 2 heterocycles. The number of ether oxygens (including phenoxy) is 1. The Morgan fingerprint density at radius 3 is 3.18 bits per heavy atom. The van der Waals surface area contributed by atoms with Crippen LogP contribution in [0.2, 0.25) is 0 Å². The van der Waals surface area contributed by atoms with Gasteiger partial charge in [-0.3, -0.25) is 9.59 Å². The Hall–Kier alpha value is -1.69. The second-order valence-electron chi connectivity index (χ2n) is 3.56. The van der Waals surface area contributed by atoms with Crippen LogP contribution in [0.15, 0.2) is 16.2 Å². The Morgan fingerprint density at radius 1 is 1.59 bits per heavy atom. The average molecular weight is 252 g/mol. The van der Waals surface area contributed by atoms with Gasteiger partial charge in [0.05, 0.1) is 5.52 Å². The highest BCUT2D eigenvalue weighted by molar-refractivity contribution is 7.17. The highest BCUT2D eigenvalue weighted by Gasteiger charge is 2.07. The number of rotatable bonds is 4. The molecule has 0 unspecified atom stereocenters. The molecule has 0 aliphatic rings. The van der Waals surface area contributed by atoms with E-state index < -0.39 is 0 Å². The molecule has 0 aliphatic heterocycles. The van der Waals surface area contributed by atoms with Crippen molar-refractivity contribution >= 4 is 27.5 Å². The molecule has 0 amide bonds. The number of carbonyl (C=O) groups is 1. The van der Waals surface area contributed by atoms with Crippen LogP contribution in [0.25, 0.3) is 10.2 Å². The molecule has 0 bridgehead atoms. The van der Waals surface area contributed by atoms with E-state index in [1.165, 1.54) is 11.3 Å². The van der Waals surface area contributed by atoms with Gasteiger partial charge in [-0.25, -0.2) is 4.98 Å². The molecule has 90 valence electrons. The number of fused-ring (bicyclic) bond motifs is 1. The molecule has 0 radical (unpaired) electrons. The lowest BCUT2D eigenvalue weighted by Gasteiger charge is -2.03. The van der Waals surface area contributed by atoms with Gasteiger partial charge in [-0.2, -0.15) is 0 Å². The summed E-state index contributed by atoms with van der Waals surface area (Å²) in [6, 6.07) is 1.77. The lowest BCUT2D eigenvalue weighted by Crippen LogP contribution is -2.13. The number of H-pyrrole nitrogens is 1. The van der Waals surface area contributed by atoms with Crippen molar-refractivity contribution < 1.29 is 9.53 Å². The molecule has 0 fully saturated rings. The molecule has 0 aromatic carbocycles. The van der Waals surface area contributed by atoms with Crippen LogP contribution in [-0.2, 0) is 16.1 Å². The fourth-order valence-corrected chi connectivity index (χ4v) is 2.14. The predicted molar refractivity (Wildman–Crippen MR) is 64.9 cm³/mol. The molecule has 5 nitrogen and oxygen atoms in total. The number of nitrogens with one attached hydrogen (secondary N) is 1. The summed E-state index contributed by atoms with van der Waals surface area (Å²) < 4.78 is 5.57. The van der Waals surface area contributed by atoms with Crippen molar-refractivity contribution in [2.45, 2.75) is 26.4 Å². The maximum absolute atomic E-state index is 11.6. The van der Waals surface area contributed by atoms with Crippen LogP contribution < -0.4 is 5.56 Å². The molecular formula is C11H12N2O3S. The Labute approximate surface area is 101 Å². The fourth-order valence-electron chi connectivity index (χ4n) is 1.42. The van der Waals surface area contributed by atoms with Crippen LogP contribution in [0.1, 0.15) is 25.6 Å². The molecule has 2 rings (SSSR count). The van der Waals surface area contributed by atoms with E-state index in [4.69, 9.17) is 4.74 Å². The van der Waals surface area contributed by atoms with Gasteiger partial charge in [-0.15, -0.1) is 11.3 Å². The normalized spacial score (nSPS) is 10.6. The molecule has 2 aromatic rings. The van der Waals surface area contributed by atoms with E-state index >= 15 is 0 Å². The number of aromatic amines is 1. The summed E-state index contributed by atoms with van der Waals surface area (Å²) in [5.74, 6) is 0.103. The number of hydrogen-bond donors (Lipinski definition) is 1. The molecule has 0 aliphatic carbocycles. The third kappa shape index (κ3) is 2.71. The Morgan fingerprint density at radius 2 is 2.41 bits per heavy atom. The summed E-state index contributed by atoms with van der Waals surface area (Å²) in [6.07, 6.45) is 1.12. The van der Waals surface area contributed by atoms with Crippen molar-refractivity contribution in [3.05, 3.63) is 27.6 Å². The van der Waals surface area contributed by atoms with E-state index in [9.17, 15) is 9.59 Å². The first kappa shape index (κ1) is 11.8. The minimum atomic E-state index is -0.277. The molecule has 0 saturated carbocycles. The summed E-state index contributed by atoms with van der Waals surface area (Å²) in [7, 11) is 0. The zero-order valence-corrected chi connectivity index (χ0v) is 10.2. The number of thiophene rings is 1. The molecule has 0 saturated heterocycles. The van der Waals surface area contributed by atoms with E-state index in [0.29, 0.717) is 22.5 Å². The van der Waals surface area contributed by atoms with Crippen molar-refractivity contribution in [3.8, 4) is 0 Å². The van der Waals surface area contributed by atoms with Crippen LogP contribution in [-0.4, -0.2) is 15.9 Å². The Bertz CT molecular complexity index is 588. The van der Waals surface area contributed by atoms with Gasteiger partial charge in [0, 0.05) is 6.42 Å². The molecule has 17 heavy (non-hydrogen) atoms. The maximum Gasteiger partial charge on any atom is 0.306 e. The highest BCUT2D eigenvalue weighted by Crippen LogP contribution is 2.13. The third-order valence-corrected chi connectivity index (χ3v) is 3.09. The SMILES string of the molecule is CCCC(=O)OCc1nc2ccsc2c(=O)[nH]1. The average Bonchev–Trinajstić information content (AvgIpc) is 2.75. The van der Waals surface area contributed by atoms with Gasteiger partial charge in [0.15, 0.2) is 0 Å². The van der Waals surface area contributed by atoms with E-state index in [1.807, 2.05) is 6.92 Å². The highest BCUT2D eigenvalue weighted by atomic mass is 32.1. The molecular weight excluding hydrogens is 240 g/mol. The second-order valence-corrected chi connectivity index (χ2v) is 4.47. The van der Waals surface area contributed by atoms with Crippen molar-refractivity contribution in [2.24, 2.45) is 0 Å². The summed E-state index contributed by atoms with van der Waals surface area (Å²) in [5, 5.41) is 1.81. The topological polar surface area (TPSA) is 72.0 Å². The second kappa shape index (κ2) is 5.09. The molecule has 6 heteroatoms. The van der Waals surface area contributed by atoms with Crippen molar-refractivity contribution in [3.63, 3.8) is 0 Å². The van der Waals surface area contributed by atoms with Gasteiger partial charge in [0.25, 0.3) is 5.56 Å². The van der Waals surface area contributed by atoms with E-state index in [0.717, 1.165) is 6.42 Å². The predicted octanol–water partition coefficient (Wildman–Crippen LogP) is 1.83. The summed E-state index contributed by atoms with van der Waals surface area (Å²) in [6.45, 7) is 1.92. The lowest BCUT2D eigenvalue weighted by atomic mass is 10.3. The van der Waals surface area contributed by atoms with Crippen LogP contribution in [0.5, 0.6) is 0 Å². The minimum absolute atomic E-state index is 0.0137. The van der Waals surface area contributed by atoms with E-state index in [2.05, 4.69) is 9.97 Å². The van der Waals surface area contributed by atoms with Crippen LogP contribution in [0.4, 0.5) is 0 Å². The summed E-state index contributed by atoms with van der Waals surface area (Å²) in [4.78, 5) is 29.6. The Kier molecular flexibility index (Phi) is 3.53. The Balaban J connectivity index is 2.14. The minimum Gasteiger partial charge on any atom is -0.458 e. The largest absolute Gasteiger partial charge is 0.458 e. The number of aromatic nitrogens is 2. The standard InChI is InChI=1S/C11H12N2O3S/c1-2-3-9(14)16-6-8-12-7-4-5-17-10(7)11(15)13-8/h4-5H,2-3,6H2,1H3,(H,12,13,15). The number of hydrogen-bond acceptors (Lipinski definition) is 5. The van der Waals surface area contributed by atoms with Gasteiger partial charge >= 0.3 is 5.97 Å². The van der Waals surface area contributed by atoms with Crippen molar-refractivity contribution in [1.82, 2.24) is 9.97 Å². The van der Waals surface area contributed by atoms with E-state index in [1.54, 1.807) is 11.4 Å². The van der Waals surface area contributed by atoms with Crippen LogP contribution in [0.3, 0.4) is 0 Å². The number of nitrogens with zero attached hydrogens (tertiary/aromatic N) is 1. The lowest BCUT2D eigenvalue weighted by molar-refractivity contribution is -0.145. The quantitative estimate of drug-likeness (QED) is 0.842. The first-order chi connectivity index (χ1) is 8.20. The molecule has 2 aromatic heterocycles. The molecule has 1 N–H and O–H groups in total. The van der Waals surface area contributed by atoms with E-state index in [-0.39, 0.29) is 18.1 Å². The van der Waals surface area contributed by atoms with Gasteiger partial charge in [-0.05, 0) is 17.9 Å². The van der Waals surface area contributed by atoms with Gasteiger partial charge in [-0.1, -0.05) is 6.92 Å². The first-order valence-electron chi connectivity index (χ1n) is 5.32. The monoisotopic (exact) mass is 252 g/mol. The fraction of sp³-hybridized carbons (Fsp3) is 0.364. The van der Waals surface area contributed by atoms with Gasteiger partial charge in [0.1, 0.15) is 17.1 Å².